The highest BCUT2D eigenvalue weighted by atomic mass is 32.2. The molecule has 2 rings (SSSR count). The van der Waals surface area contributed by atoms with E-state index in [-0.39, 0.29) is 25.0 Å². The van der Waals surface area contributed by atoms with Crippen molar-refractivity contribution in [3.8, 4) is 5.75 Å². The van der Waals surface area contributed by atoms with E-state index in [1.807, 2.05) is 6.26 Å². The summed E-state index contributed by atoms with van der Waals surface area (Å²) in [5, 5.41) is 36.0. The number of benzene rings is 2. The van der Waals surface area contributed by atoms with E-state index in [0.29, 0.717) is 11.3 Å². The molecule has 0 aliphatic heterocycles. The maximum Gasteiger partial charge on any atom is 0.326 e. The first-order chi connectivity index (χ1) is 18.1. The van der Waals surface area contributed by atoms with Crippen molar-refractivity contribution in [1.82, 2.24) is 16.0 Å². The topological polar surface area (TPSA) is 191 Å². The molecule has 4 atom stereocenters. The van der Waals surface area contributed by atoms with Gasteiger partial charge in [-0.1, -0.05) is 42.5 Å². The molecule has 3 amide bonds. The number of aliphatic hydroxyl groups excluding tert-OH is 1. The molecule has 0 spiro atoms. The predicted molar refractivity (Wildman–Crippen MR) is 143 cm³/mol. The summed E-state index contributed by atoms with van der Waals surface area (Å²) in [7, 11) is 0. The number of carboxylic acid groups (broad SMARTS) is 1. The minimum atomic E-state index is -1.43. The number of thioether (sulfide) groups is 1. The standard InChI is InChI=1S/C26H34N4O7S/c1-38-12-11-20(28-23(33)19(27)13-17-7-9-18(32)10-8-17)24(34)30-22(15-31)25(35)29-21(26(36)37)14-16-5-3-2-4-6-16/h2-10,19-22,31-32H,11-15,27H2,1H3,(H,28,33)(H,29,35)(H,30,34)(H,36,37). The molecule has 4 unspecified atom stereocenters. The van der Waals surface area contributed by atoms with Gasteiger partial charge in [0.25, 0.3) is 0 Å². The Bertz CT molecular complexity index is 1070. The lowest BCUT2D eigenvalue weighted by atomic mass is 10.0. The van der Waals surface area contributed by atoms with Crippen molar-refractivity contribution >= 4 is 35.5 Å². The summed E-state index contributed by atoms with van der Waals surface area (Å²) >= 11 is 1.45. The smallest absolute Gasteiger partial charge is 0.326 e. The second-order valence-electron chi connectivity index (χ2n) is 8.65. The summed E-state index contributed by atoms with van der Waals surface area (Å²) in [6, 6.07) is 10.2. The van der Waals surface area contributed by atoms with Crippen LogP contribution in [0.1, 0.15) is 17.5 Å². The van der Waals surface area contributed by atoms with E-state index in [1.54, 1.807) is 42.5 Å². The quantitative estimate of drug-likeness (QED) is 0.158. The third-order valence-electron chi connectivity index (χ3n) is 5.69. The zero-order chi connectivity index (χ0) is 28.1. The molecule has 8 N–H and O–H groups in total. The van der Waals surface area contributed by atoms with E-state index in [2.05, 4.69) is 16.0 Å². The number of hydrogen-bond acceptors (Lipinski definition) is 8. The molecule has 206 valence electrons. The molecule has 0 aliphatic carbocycles. The molecular weight excluding hydrogens is 512 g/mol. The summed E-state index contributed by atoms with van der Waals surface area (Å²) in [5.74, 6) is -2.84. The molecule has 38 heavy (non-hydrogen) atoms. The molecule has 0 bridgehead atoms. The number of carboxylic acids is 1. The van der Waals surface area contributed by atoms with Crippen LogP contribution in [0, 0.1) is 0 Å². The average Bonchev–Trinajstić information content (AvgIpc) is 2.90. The number of amides is 3. The number of aliphatic hydroxyl groups is 1. The highest BCUT2D eigenvalue weighted by molar-refractivity contribution is 7.98. The Balaban J connectivity index is 2.02. The summed E-state index contributed by atoms with van der Waals surface area (Å²) < 4.78 is 0. The molecule has 0 fully saturated rings. The van der Waals surface area contributed by atoms with E-state index >= 15 is 0 Å². The monoisotopic (exact) mass is 546 g/mol. The molecular formula is C26H34N4O7S. The molecule has 11 nitrogen and oxygen atoms in total. The fraction of sp³-hybridized carbons (Fsp3) is 0.385. The van der Waals surface area contributed by atoms with E-state index in [4.69, 9.17) is 5.73 Å². The van der Waals surface area contributed by atoms with Gasteiger partial charge in [-0.3, -0.25) is 14.4 Å². The van der Waals surface area contributed by atoms with Gasteiger partial charge in [-0.05, 0) is 48.1 Å². The summed E-state index contributed by atoms with van der Waals surface area (Å²) in [6.07, 6.45) is 2.24. The minimum Gasteiger partial charge on any atom is -0.508 e. The predicted octanol–water partition coefficient (Wildman–Crippen LogP) is -0.211. The zero-order valence-electron chi connectivity index (χ0n) is 21.0. The van der Waals surface area contributed by atoms with Crippen molar-refractivity contribution in [2.24, 2.45) is 5.73 Å². The molecule has 2 aromatic rings. The van der Waals surface area contributed by atoms with Gasteiger partial charge in [0.15, 0.2) is 0 Å². The number of rotatable bonds is 15. The second-order valence-corrected chi connectivity index (χ2v) is 9.64. The van der Waals surface area contributed by atoms with E-state index in [9.17, 15) is 34.5 Å². The number of nitrogens with two attached hydrogens (primary N) is 1. The van der Waals surface area contributed by atoms with Gasteiger partial charge in [0.05, 0.1) is 12.6 Å². The molecule has 12 heteroatoms. The molecule has 2 aromatic carbocycles. The second kappa shape index (κ2) is 15.6. The Kier molecular flexibility index (Phi) is 12.6. The van der Waals surface area contributed by atoms with Gasteiger partial charge in [0.2, 0.25) is 17.7 Å². The largest absolute Gasteiger partial charge is 0.508 e. The Morgan fingerprint density at radius 1 is 0.816 bits per heavy atom. The molecule has 0 aromatic heterocycles. The Hall–Kier alpha value is -3.61. The number of aromatic hydroxyl groups is 1. The number of phenolic OH excluding ortho intramolecular Hbond substituents is 1. The molecule has 0 saturated carbocycles. The van der Waals surface area contributed by atoms with Crippen LogP contribution in [-0.2, 0) is 32.0 Å². The van der Waals surface area contributed by atoms with Crippen LogP contribution >= 0.6 is 11.8 Å². The molecule has 0 heterocycles. The molecule has 0 radical (unpaired) electrons. The third-order valence-corrected chi connectivity index (χ3v) is 6.33. The van der Waals surface area contributed by atoms with Gasteiger partial charge < -0.3 is 37.0 Å². The van der Waals surface area contributed by atoms with Gasteiger partial charge in [-0.2, -0.15) is 11.8 Å². The van der Waals surface area contributed by atoms with Gasteiger partial charge in [-0.15, -0.1) is 0 Å². The zero-order valence-corrected chi connectivity index (χ0v) is 21.8. The van der Waals surface area contributed by atoms with Crippen LogP contribution in [0.25, 0.3) is 0 Å². The van der Waals surface area contributed by atoms with E-state index < -0.39 is 54.5 Å². The van der Waals surface area contributed by atoms with Crippen molar-refractivity contribution in [3.05, 3.63) is 65.7 Å². The Morgan fingerprint density at radius 2 is 1.37 bits per heavy atom. The fourth-order valence-electron chi connectivity index (χ4n) is 3.55. The lowest BCUT2D eigenvalue weighted by Crippen LogP contribution is -2.58. The lowest BCUT2D eigenvalue weighted by Gasteiger charge is -2.24. The highest BCUT2D eigenvalue weighted by Crippen LogP contribution is 2.11. The number of carbonyl (C=O) groups is 4. The SMILES string of the molecule is CSCCC(NC(=O)C(N)Cc1ccc(O)cc1)C(=O)NC(CO)C(=O)NC(Cc1ccccc1)C(=O)O. The minimum absolute atomic E-state index is 0.0132. The maximum atomic E-state index is 13.0. The van der Waals surface area contributed by atoms with Crippen LogP contribution in [0.2, 0.25) is 0 Å². The van der Waals surface area contributed by atoms with E-state index in [1.165, 1.54) is 23.9 Å². The summed E-state index contributed by atoms with van der Waals surface area (Å²) in [4.78, 5) is 50.1. The lowest BCUT2D eigenvalue weighted by molar-refractivity contribution is -0.142. The number of phenols is 1. The summed E-state index contributed by atoms with van der Waals surface area (Å²) in [6.45, 7) is -0.779. The van der Waals surface area contributed by atoms with Crippen LogP contribution in [0.5, 0.6) is 5.75 Å². The number of carbonyl (C=O) groups excluding carboxylic acids is 3. The number of nitrogens with one attached hydrogen (secondary N) is 3. The third kappa shape index (κ3) is 10.0. The van der Waals surface area contributed by atoms with Crippen molar-refractivity contribution in [1.29, 1.82) is 0 Å². The van der Waals surface area contributed by atoms with Crippen molar-refractivity contribution in [2.75, 3.05) is 18.6 Å². The average molecular weight is 547 g/mol. The van der Waals surface area contributed by atoms with Crippen molar-refractivity contribution < 1.29 is 34.5 Å². The molecule has 0 aliphatic rings. The molecule has 0 saturated heterocycles. The summed E-state index contributed by atoms with van der Waals surface area (Å²) in [5.41, 5.74) is 7.42. The Morgan fingerprint density at radius 3 is 1.95 bits per heavy atom. The van der Waals surface area contributed by atoms with Crippen LogP contribution in [0.4, 0.5) is 0 Å². The maximum absolute atomic E-state index is 13.0. The van der Waals surface area contributed by atoms with Crippen LogP contribution in [-0.4, -0.2) is 81.8 Å². The number of hydrogen-bond donors (Lipinski definition) is 7. The van der Waals surface area contributed by atoms with Crippen molar-refractivity contribution in [2.45, 2.75) is 43.4 Å². The van der Waals surface area contributed by atoms with Gasteiger partial charge in [-0.25, -0.2) is 4.79 Å². The first kappa shape index (κ1) is 30.6. The highest BCUT2D eigenvalue weighted by Gasteiger charge is 2.30. The van der Waals surface area contributed by atoms with E-state index in [0.717, 1.165) is 5.56 Å². The first-order valence-electron chi connectivity index (χ1n) is 12.0. The first-order valence-corrected chi connectivity index (χ1v) is 13.3. The van der Waals surface area contributed by atoms with Crippen LogP contribution < -0.4 is 21.7 Å². The van der Waals surface area contributed by atoms with Crippen LogP contribution in [0.15, 0.2) is 54.6 Å². The Labute approximate surface area is 225 Å². The van der Waals surface area contributed by atoms with Gasteiger partial charge >= 0.3 is 5.97 Å². The normalized spacial score (nSPS) is 14.0. The van der Waals surface area contributed by atoms with Gasteiger partial charge in [0.1, 0.15) is 23.9 Å². The fourth-order valence-corrected chi connectivity index (χ4v) is 4.02. The van der Waals surface area contributed by atoms with Crippen molar-refractivity contribution in [3.63, 3.8) is 0 Å². The van der Waals surface area contributed by atoms with Crippen LogP contribution in [0.3, 0.4) is 0 Å². The van der Waals surface area contributed by atoms with Gasteiger partial charge in [0, 0.05) is 6.42 Å². The number of aliphatic carboxylic acids is 1.